The van der Waals surface area contributed by atoms with E-state index in [1.807, 2.05) is 19.1 Å². The molecule has 5 nitrogen and oxygen atoms in total. The van der Waals surface area contributed by atoms with Crippen molar-refractivity contribution < 1.29 is 9.52 Å². The Hall–Kier alpha value is -2.08. The van der Waals surface area contributed by atoms with Crippen LogP contribution in [-0.4, -0.2) is 9.67 Å². The van der Waals surface area contributed by atoms with Gasteiger partial charge in [0.15, 0.2) is 11.3 Å². The molecular weight excluding hydrogens is 350 g/mol. The van der Waals surface area contributed by atoms with E-state index in [9.17, 15) is 14.7 Å². The quantitative estimate of drug-likeness (QED) is 0.724. The molecule has 0 spiro atoms. The van der Waals surface area contributed by atoms with Crippen LogP contribution in [0.1, 0.15) is 19.8 Å². The number of aromatic nitrogens is 1. The molecule has 3 rings (SSSR count). The van der Waals surface area contributed by atoms with Crippen LogP contribution in [0.3, 0.4) is 0 Å². The molecule has 0 saturated heterocycles. The molecule has 22 heavy (non-hydrogen) atoms. The summed E-state index contributed by atoms with van der Waals surface area (Å²) >= 11 is 2.97. The summed E-state index contributed by atoms with van der Waals surface area (Å²) in [5.41, 5.74) is -0.248. The summed E-state index contributed by atoms with van der Waals surface area (Å²) in [5, 5.41) is 10.9. The lowest BCUT2D eigenvalue weighted by Crippen LogP contribution is -2.22. The molecule has 1 aromatic carbocycles. The van der Waals surface area contributed by atoms with E-state index in [4.69, 9.17) is 4.42 Å². The molecule has 0 amide bonds. The maximum atomic E-state index is 12.8. The lowest BCUT2D eigenvalue weighted by atomic mass is 10.1. The first kappa shape index (κ1) is 14.8. The highest BCUT2D eigenvalue weighted by molar-refractivity contribution is 9.10. The number of nitrogens with zero attached hydrogens (tertiary/aromatic N) is 1. The van der Waals surface area contributed by atoms with E-state index in [0.29, 0.717) is 17.4 Å². The van der Waals surface area contributed by atoms with Crippen LogP contribution in [-0.2, 0) is 6.54 Å². The van der Waals surface area contributed by atoms with E-state index in [0.717, 1.165) is 12.8 Å². The fourth-order valence-corrected chi connectivity index (χ4v) is 2.85. The average molecular weight is 364 g/mol. The average Bonchev–Trinajstić information content (AvgIpc) is 2.52. The lowest BCUT2D eigenvalue weighted by molar-refractivity contribution is 0.461. The predicted molar refractivity (Wildman–Crippen MR) is 88.5 cm³/mol. The Balaban J connectivity index is 2.57. The minimum absolute atomic E-state index is 0.0290. The maximum absolute atomic E-state index is 12.8. The van der Waals surface area contributed by atoms with Crippen molar-refractivity contribution in [3.05, 3.63) is 49.5 Å². The van der Waals surface area contributed by atoms with Crippen LogP contribution in [0.25, 0.3) is 21.9 Å². The molecule has 2 aromatic heterocycles. The fourth-order valence-electron chi connectivity index (χ4n) is 2.57. The third-order valence-electron chi connectivity index (χ3n) is 3.68. The SMILES string of the molecule is CCCCn1c(=O)c2c(O)c(Br)c(=O)oc2c2ccccc21. The van der Waals surface area contributed by atoms with Gasteiger partial charge in [0.05, 0.1) is 5.52 Å². The van der Waals surface area contributed by atoms with E-state index in [2.05, 4.69) is 15.9 Å². The molecule has 0 aliphatic carbocycles. The van der Waals surface area contributed by atoms with E-state index in [1.165, 1.54) is 0 Å². The summed E-state index contributed by atoms with van der Waals surface area (Å²) in [6.07, 6.45) is 1.78. The summed E-state index contributed by atoms with van der Waals surface area (Å²) in [6.45, 7) is 2.59. The van der Waals surface area contributed by atoms with Gasteiger partial charge in [-0.1, -0.05) is 25.5 Å². The van der Waals surface area contributed by atoms with Crippen LogP contribution < -0.4 is 11.2 Å². The number of pyridine rings is 1. The Morgan fingerprint density at radius 1 is 1.27 bits per heavy atom. The van der Waals surface area contributed by atoms with Crippen molar-refractivity contribution in [1.82, 2.24) is 4.57 Å². The van der Waals surface area contributed by atoms with Crippen LogP contribution in [0.4, 0.5) is 0 Å². The number of aryl methyl sites for hydroxylation is 1. The number of rotatable bonds is 3. The van der Waals surface area contributed by atoms with Gasteiger partial charge in [-0.15, -0.1) is 0 Å². The van der Waals surface area contributed by atoms with E-state index < -0.39 is 5.63 Å². The number of unbranched alkanes of at least 4 members (excludes halogenated alkanes) is 1. The highest BCUT2D eigenvalue weighted by Crippen LogP contribution is 2.31. The van der Waals surface area contributed by atoms with Crippen molar-refractivity contribution >= 4 is 37.8 Å². The molecule has 1 N–H and O–H groups in total. The van der Waals surface area contributed by atoms with Gasteiger partial charge in [0.25, 0.3) is 5.56 Å². The molecule has 0 radical (unpaired) electrons. The third-order valence-corrected chi connectivity index (χ3v) is 4.38. The van der Waals surface area contributed by atoms with E-state index >= 15 is 0 Å². The Morgan fingerprint density at radius 3 is 2.73 bits per heavy atom. The maximum Gasteiger partial charge on any atom is 0.354 e. The first-order valence-corrected chi connectivity index (χ1v) is 7.82. The minimum atomic E-state index is -0.708. The monoisotopic (exact) mass is 363 g/mol. The van der Waals surface area contributed by atoms with Gasteiger partial charge in [-0.05, 0) is 34.5 Å². The Morgan fingerprint density at radius 2 is 2.00 bits per heavy atom. The number of benzene rings is 1. The standard InChI is InChI=1S/C16H14BrNO4/c1-2-3-8-18-10-7-5-4-6-9(10)14-11(15(18)20)13(19)12(17)16(21)22-14/h4-7,19H,2-3,8H2,1H3. The summed E-state index contributed by atoms with van der Waals surface area (Å²) < 4.78 is 6.74. The third kappa shape index (κ3) is 2.14. The van der Waals surface area contributed by atoms with Gasteiger partial charge in [0.2, 0.25) is 0 Å². The number of aromatic hydroxyl groups is 1. The smallest absolute Gasteiger partial charge is 0.354 e. The number of fused-ring (bicyclic) bond motifs is 3. The Labute approximate surface area is 133 Å². The molecule has 0 fully saturated rings. The molecule has 0 unspecified atom stereocenters. The molecule has 3 aromatic rings. The normalized spacial score (nSPS) is 11.4. The van der Waals surface area contributed by atoms with Crippen LogP contribution in [0.5, 0.6) is 5.75 Å². The van der Waals surface area contributed by atoms with Crippen LogP contribution in [0.2, 0.25) is 0 Å². The van der Waals surface area contributed by atoms with E-state index in [-0.39, 0.29) is 26.8 Å². The van der Waals surface area contributed by atoms with E-state index in [1.54, 1.807) is 16.7 Å². The fraction of sp³-hybridized carbons (Fsp3) is 0.250. The molecule has 6 heteroatoms. The van der Waals surface area contributed by atoms with Crippen molar-refractivity contribution in [3.63, 3.8) is 0 Å². The number of para-hydroxylation sites is 1. The largest absolute Gasteiger partial charge is 0.506 e. The zero-order valence-corrected chi connectivity index (χ0v) is 13.5. The zero-order valence-electron chi connectivity index (χ0n) is 11.9. The van der Waals surface area contributed by atoms with Gasteiger partial charge < -0.3 is 14.1 Å². The van der Waals surface area contributed by atoms with Crippen LogP contribution >= 0.6 is 15.9 Å². The minimum Gasteiger partial charge on any atom is -0.506 e. The molecule has 0 atom stereocenters. The van der Waals surface area contributed by atoms with Gasteiger partial charge in [-0.25, -0.2) is 4.79 Å². The molecular formula is C16H14BrNO4. The molecule has 2 heterocycles. The molecule has 0 saturated carbocycles. The summed E-state index contributed by atoms with van der Waals surface area (Å²) in [7, 11) is 0. The summed E-state index contributed by atoms with van der Waals surface area (Å²) in [4.78, 5) is 24.5. The summed E-state index contributed by atoms with van der Waals surface area (Å²) in [5.74, 6) is -0.368. The van der Waals surface area contributed by atoms with Crippen LogP contribution in [0, 0.1) is 0 Å². The highest BCUT2D eigenvalue weighted by Gasteiger charge is 2.19. The lowest BCUT2D eigenvalue weighted by Gasteiger charge is -2.12. The number of halogens is 1. The first-order chi connectivity index (χ1) is 10.6. The zero-order chi connectivity index (χ0) is 15.9. The van der Waals surface area contributed by atoms with Crippen molar-refractivity contribution in [2.45, 2.75) is 26.3 Å². The molecule has 0 aliphatic heterocycles. The van der Waals surface area contributed by atoms with Gasteiger partial charge >= 0.3 is 5.63 Å². The van der Waals surface area contributed by atoms with Gasteiger partial charge in [-0.2, -0.15) is 0 Å². The topological polar surface area (TPSA) is 72.4 Å². The first-order valence-electron chi connectivity index (χ1n) is 7.03. The second kappa shape index (κ2) is 5.61. The second-order valence-corrected chi connectivity index (χ2v) is 5.88. The predicted octanol–water partition coefficient (Wildman–Crippen LogP) is 3.38. The van der Waals surface area contributed by atoms with Crippen molar-refractivity contribution in [3.8, 4) is 5.75 Å². The Kier molecular flexibility index (Phi) is 3.78. The van der Waals surface area contributed by atoms with Gasteiger partial charge in [-0.3, -0.25) is 4.79 Å². The summed E-state index contributed by atoms with van der Waals surface area (Å²) in [6, 6.07) is 7.21. The highest BCUT2D eigenvalue weighted by atomic mass is 79.9. The van der Waals surface area contributed by atoms with Crippen molar-refractivity contribution in [2.75, 3.05) is 0 Å². The molecule has 0 bridgehead atoms. The molecule has 114 valence electrons. The molecule has 0 aliphatic rings. The van der Waals surface area contributed by atoms with Crippen LogP contribution in [0.15, 0.2) is 42.7 Å². The van der Waals surface area contributed by atoms with Crippen molar-refractivity contribution in [1.29, 1.82) is 0 Å². The number of hydrogen-bond donors (Lipinski definition) is 1. The second-order valence-electron chi connectivity index (χ2n) is 5.08. The van der Waals surface area contributed by atoms with Gasteiger partial charge in [0, 0.05) is 11.9 Å². The number of hydrogen-bond acceptors (Lipinski definition) is 4. The van der Waals surface area contributed by atoms with Gasteiger partial charge in [0.1, 0.15) is 9.86 Å². The van der Waals surface area contributed by atoms with Crippen molar-refractivity contribution in [2.24, 2.45) is 0 Å². The Bertz CT molecular complexity index is 987.